The van der Waals surface area contributed by atoms with Gasteiger partial charge in [-0.25, -0.2) is 0 Å². The van der Waals surface area contributed by atoms with Crippen LogP contribution in [0.15, 0.2) is 18.2 Å². The number of hydrogen-bond donors (Lipinski definition) is 1. The van der Waals surface area contributed by atoms with Crippen LogP contribution in [0.3, 0.4) is 0 Å². The van der Waals surface area contributed by atoms with E-state index in [0.29, 0.717) is 24.3 Å². The van der Waals surface area contributed by atoms with Gasteiger partial charge in [0.25, 0.3) is 0 Å². The average Bonchev–Trinajstić information content (AvgIpc) is 2.75. The van der Waals surface area contributed by atoms with Crippen LogP contribution >= 0.6 is 0 Å². The molecule has 106 valence electrons. The van der Waals surface area contributed by atoms with Gasteiger partial charge in [-0.15, -0.1) is 0 Å². The van der Waals surface area contributed by atoms with Crippen molar-refractivity contribution >= 4 is 0 Å². The maximum absolute atomic E-state index is 13.4. The van der Waals surface area contributed by atoms with E-state index in [4.69, 9.17) is 4.74 Å². The normalized spacial score (nSPS) is 16.9. The molecule has 1 aromatic carbocycles. The molecular weight excluding hydrogens is 269 g/mol. The van der Waals surface area contributed by atoms with Gasteiger partial charge in [0, 0.05) is 6.42 Å². The number of fused-ring (bicyclic) bond motifs is 1. The maximum atomic E-state index is 13.4. The van der Waals surface area contributed by atoms with Crippen molar-refractivity contribution in [1.82, 2.24) is 5.32 Å². The first-order chi connectivity index (χ1) is 8.77. The third-order valence-corrected chi connectivity index (χ3v) is 3.08. The van der Waals surface area contributed by atoms with Crippen LogP contribution in [0.2, 0.25) is 0 Å². The Morgan fingerprint density at radius 3 is 2.47 bits per heavy atom. The molecule has 0 radical (unpaired) electrons. The van der Waals surface area contributed by atoms with E-state index in [9.17, 15) is 22.0 Å². The van der Waals surface area contributed by atoms with Gasteiger partial charge in [-0.3, -0.25) is 0 Å². The third-order valence-electron chi connectivity index (χ3n) is 3.08. The Morgan fingerprint density at radius 1 is 1.21 bits per heavy atom. The zero-order valence-electron chi connectivity index (χ0n) is 10.0. The molecule has 0 aromatic heterocycles. The van der Waals surface area contributed by atoms with Crippen molar-refractivity contribution in [2.45, 2.75) is 24.6 Å². The predicted molar refractivity (Wildman–Crippen MR) is 58.4 cm³/mol. The molecule has 19 heavy (non-hydrogen) atoms. The highest BCUT2D eigenvalue weighted by Crippen LogP contribution is 2.45. The van der Waals surface area contributed by atoms with Gasteiger partial charge in [-0.05, 0) is 24.2 Å². The van der Waals surface area contributed by atoms with Gasteiger partial charge in [-0.2, -0.15) is 22.0 Å². The van der Waals surface area contributed by atoms with E-state index in [1.54, 1.807) is 0 Å². The van der Waals surface area contributed by atoms with Gasteiger partial charge in [0.2, 0.25) is 0 Å². The lowest BCUT2D eigenvalue weighted by molar-refractivity contribution is -0.293. The fraction of sp³-hybridized carbons (Fsp3) is 0.500. The second-order valence-electron chi connectivity index (χ2n) is 4.31. The lowest BCUT2D eigenvalue weighted by atomic mass is 9.97. The molecule has 7 heteroatoms. The second-order valence-corrected chi connectivity index (χ2v) is 4.31. The lowest BCUT2D eigenvalue weighted by Crippen LogP contribution is -2.47. The van der Waals surface area contributed by atoms with E-state index >= 15 is 0 Å². The Bertz CT molecular complexity index is 472. The quantitative estimate of drug-likeness (QED) is 0.860. The molecule has 1 atom stereocenters. The number of hydrogen-bond acceptors (Lipinski definition) is 2. The first-order valence-corrected chi connectivity index (χ1v) is 5.65. The van der Waals surface area contributed by atoms with E-state index in [-0.39, 0.29) is 5.56 Å². The number of ether oxygens (including phenoxy) is 1. The fourth-order valence-electron chi connectivity index (χ4n) is 2.11. The van der Waals surface area contributed by atoms with Crippen LogP contribution in [0.1, 0.15) is 17.2 Å². The summed E-state index contributed by atoms with van der Waals surface area (Å²) < 4.78 is 69.3. The highest BCUT2D eigenvalue weighted by atomic mass is 19.4. The van der Waals surface area contributed by atoms with Gasteiger partial charge in [0.05, 0.1) is 6.61 Å². The molecule has 0 saturated heterocycles. The molecule has 2 rings (SSSR count). The van der Waals surface area contributed by atoms with Gasteiger partial charge in [0.1, 0.15) is 11.8 Å². The van der Waals surface area contributed by atoms with Gasteiger partial charge < -0.3 is 10.1 Å². The zero-order valence-corrected chi connectivity index (χ0v) is 10.0. The fourth-order valence-corrected chi connectivity index (χ4v) is 2.11. The third kappa shape index (κ3) is 2.39. The summed E-state index contributed by atoms with van der Waals surface area (Å²) in [4.78, 5) is 0. The molecule has 1 aliphatic rings. The number of benzene rings is 1. The van der Waals surface area contributed by atoms with Gasteiger partial charge in [-0.1, -0.05) is 12.1 Å². The molecule has 1 heterocycles. The number of halogens is 5. The molecule has 2 nitrogen and oxygen atoms in total. The van der Waals surface area contributed by atoms with Crippen LogP contribution in [0.25, 0.3) is 0 Å². The van der Waals surface area contributed by atoms with Crippen LogP contribution in [0.5, 0.6) is 5.75 Å². The molecule has 1 aromatic rings. The molecule has 0 aliphatic carbocycles. The van der Waals surface area contributed by atoms with Crippen LogP contribution in [-0.4, -0.2) is 25.8 Å². The van der Waals surface area contributed by atoms with Gasteiger partial charge >= 0.3 is 12.1 Å². The summed E-state index contributed by atoms with van der Waals surface area (Å²) in [5.74, 6) is -4.30. The minimum absolute atomic E-state index is 0.103. The Hall–Kier alpha value is -1.37. The molecule has 1 aliphatic heterocycles. The molecule has 0 bridgehead atoms. The van der Waals surface area contributed by atoms with E-state index < -0.39 is 18.1 Å². The molecule has 0 amide bonds. The van der Waals surface area contributed by atoms with Gasteiger partial charge in [0.15, 0.2) is 0 Å². The lowest BCUT2D eigenvalue weighted by Gasteiger charge is -2.28. The Morgan fingerprint density at radius 2 is 1.89 bits per heavy atom. The van der Waals surface area contributed by atoms with E-state index in [1.165, 1.54) is 18.2 Å². The minimum Gasteiger partial charge on any atom is -0.493 e. The van der Waals surface area contributed by atoms with Crippen molar-refractivity contribution < 1.29 is 26.7 Å². The second kappa shape index (κ2) is 4.63. The average molecular weight is 281 g/mol. The summed E-state index contributed by atoms with van der Waals surface area (Å²) in [6.45, 7) is 0.415. The maximum Gasteiger partial charge on any atom is 0.455 e. The number of alkyl halides is 5. The van der Waals surface area contributed by atoms with Crippen molar-refractivity contribution in [3.8, 4) is 5.75 Å². The van der Waals surface area contributed by atoms with E-state index in [1.807, 2.05) is 5.32 Å². The largest absolute Gasteiger partial charge is 0.493 e. The summed E-state index contributed by atoms with van der Waals surface area (Å²) in [5, 5.41) is 2.05. The van der Waals surface area contributed by atoms with Crippen LogP contribution in [0.4, 0.5) is 22.0 Å². The van der Waals surface area contributed by atoms with E-state index in [0.717, 1.165) is 7.05 Å². The molecular formula is C12H12F5NO. The highest BCUT2D eigenvalue weighted by Gasteiger charge is 2.62. The van der Waals surface area contributed by atoms with Crippen LogP contribution in [0, 0.1) is 0 Å². The van der Waals surface area contributed by atoms with Crippen LogP contribution in [-0.2, 0) is 6.42 Å². The summed E-state index contributed by atoms with van der Waals surface area (Å²) in [5.41, 5.74) is 0.546. The topological polar surface area (TPSA) is 21.3 Å². The van der Waals surface area contributed by atoms with Crippen LogP contribution < -0.4 is 10.1 Å². The molecule has 0 spiro atoms. The van der Waals surface area contributed by atoms with Crippen molar-refractivity contribution in [3.05, 3.63) is 29.3 Å². The smallest absolute Gasteiger partial charge is 0.455 e. The number of rotatable bonds is 3. The highest BCUT2D eigenvalue weighted by molar-refractivity contribution is 5.41. The zero-order chi connectivity index (χ0) is 14.3. The molecule has 0 saturated carbocycles. The standard InChI is InChI=1S/C12H12F5NO/c1-18-10(11(13,14)12(15,16)17)8-2-3-9-7(6-8)4-5-19-9/h2-3,6,10,18H,4-5H2,1H3. The summed E-state index contributed by atoms with van der Waals surface area (Å²) in [7, 11) is 1.08. The molecule has 1 N–H and O–H groups in total. The molecule has 1 unspecified atom stereocenters. The Balaban J connectivity index is 2.37. The van der Waals surface area contributed by atoms with Crippen molar-refractivity contribution in [1.29, 1.82) is 0 Å². The van der Waals surface area contributed by atoms with Crippen molar-refractivity contribution in [2.75, 3.05) is 13.7 Å². The first kappa shape index (κ1) is 14.0. The first-order valence-electron chi connectivity index (χ1n) is 5.65. The summed E-state index contributed by atoms with van der Waals surface area (Å²) in [6, 6.07) is 1.88. The Labute approximate surface area is 106 Å². The summed E-state index contributed by atoms with van der Waals surface area (Å²) in [6.07, 6.45) is -5.09. The Kier molecular flexibility index (Phi) is 3.42. The minimum atomic E-state index is -5.60. The van der Waals surface area contributed by atoms with E-state index in [2.05, 4.69) is 0 Å². The SMILES string of the molecule is CNC(c1ccc2c(c1)CCO2)C(F)(F)C(F)(F)F. The van der Waals surface area contributed by atoms with Crippen molar-refractivity contribution in [3.63, 3.8) is 0 Å². The summed E-state index contributed by atoms with van der Waals surface area (Å²) >= 11 is 0. The molecule has 0 fully saturated rings. The predicted octanol–water partition coefficient (Wildman–Crippen LogP) is 3.08. The monoisotopic (exact) mass is 281 g/mol. The number of nitrogens with one attached hydrogen (secondary N) is 1. The van der Waals surface area contributed by atoms with Crippen molar-refractivity contribution in [2.24, 2.45) is 0 Å².